The summed E-state index contributed by atoms with van der Waals surface area (Å²) in [5, 5.41) is 0.680. The van der Waals surface area contributed by atoms with Gasteiger partial charge in [0.25, 0.3) is 0 Å². The Labute approximate surface area is 93.6 Å². The van der Waals surface area contributed by atoms with Crippen LogP contribution in [0.15, 0.2) is 24.3 Å². The lowest BCUT2D eigenvalue weighted by molar-refractivity contribution is 0.414. The number of hydrogen-bond acceptors (Lipinski definition) is 3. The van der Waals surface area contributed by atoms with Crippen molar-refractivity contribution in [2.75, 3.05) is 24.4 Å². The molecule has 1 aromatic rings. The average molecular weight is 226 g/mol. The molecule has 0 bridgehead atoms. The van der Waals surface area contributed by atoms with E-state index in [1.807, 2.05) is 0 Å². The third-order valence-corrected chi connectivity index (χ3v) is 5.12. The van der Waals surface area contributed by atoms with Gasteiger partial charge in [-0.1, -0.05) is 12.1 Å². The molecule has 0 radical (unpaired) electrons. The molecule has 0 amide bonds. The van der Waals surface area contributed by atoms with Gasteiger partial charge in [0.1, 0.15) is 5.75 Å². The summed E-state index contributed by atoms with van der Waals surface area (Å²) in [6.07, 6.45) is 0. The highest BCUT2D eigenvalue weighted by Gasteiger charge is 2.15. The molecule has 3 heteroatoms. The molecule has 14 heavy (non-hydrogen) atoms. The quantitative estimate of drug-likeness (QED) is 0.766. The lowest BCUT2D eigenvalue weighted by Gasteiger charge is -2.21. The van der Waals surface area contributed by atoms with E-state index in [0.29, 0.717) is 5.25 Å². The first-order valence-electron chi connectivity index (χ1n) is 4.73. The zero-order valence-electron chi connectivity index (χ0n) is 8.23. The van der Waals surface area contributed by atoms with Gasteiger partial charge < -0.3 is 4.74 Å². The molecule has 1 aliphatic heterocycles. The van der Waals surface area contributed by atoms with E-state index in [2.05, 4.69) is 47.8 Å². The lowest BCUT2D eigenvalue weighted by Crippen LogP contribution is -2.06. The highest BCUT2D eigenvalue weighted by molar-refractivity contribution is 8.06. The van der Waals surface area contributed by atoms with Gasteiger partial charge in [0, 0.05) is 22.5 Å². The number of rotatable bonds is 2. The highest BCUT2D eigenvalue weighted by Crippen LogP contribution is 2.36. The first-order chi connectivity index (χ1) is 6.90. The lowest BCUT2D eigenvalue weighted by atomic mass is 10.1. The van der Waals surface area contributed by atoms with E-state index in [1.165, 1.54) is 22.8 Å². The first kappa shape index (κ1) is 10.2. The van der Waals surface area contributed by atoms with Crippen LogP contribution >= 0.6 is 23.5 Å². The van der Waals surface area contributed by atoms with Crippen LogP contribution in [-0.4, -0.2) is 24.4 Å². The molecule has 2 rings (SSSR count). The van der Waals surface area contributed by atoms with Crippen LogP contribution in [-0.2, 0) is 0 Å². The Morgan fingerprint density at radius 1 is 1.21 bits per heavy atom. The van der Waals surface area contributed by atoms with Crippen molar-refractivity contribution in [1.82, 2.24) is 0 Å². The van der Waals surface area contributed by atoms with Crippen molar-refractivity contribution in [3.05, 3.63) is 29.8 Å². The van der Waals surface area contributed by atoms with E-state index >= 15 is 0 Å². The van der Waals surface area contributed by atoms with Crippen LogP contribution < -0.4 is 4.74 Å². The van der Waals surface area contributed by atoms with Crippen LogP contribution in [0, 0.1) is 0 Å². The molecule has 0 spiro atoms. The molecule has 1 fully saturated rings. The normalized spacial score (nSPS) is 21.9. The summed E-state index contributed by atoms with van der Waals surface area (Å²) in [5.41, 5.74) is 1.43. The molecule has 1 heterocycles. The van der Waals surface area contributed by atoms with Crippen LogP contribution in [0.2, 0.25) is 0 Å². The Morgan fingerprint density at radius 3 is 2.57 bits per heavy atom. The number of benzene rings is 1. The molecular weight excluding hydrogens is 212 g/mol. The summed E-state index contributed by atoms with van der Waals surface area (Å²) >= 11 is 4.12. The summed E-state index contributed by atoms with van der Waals surface area (Å²) in [6, 6.07) is 8.47. The van der Waals surface area contributed by atoms with Gasteiger partial charge >= 0.3 is 0 Å². The number of hydrogen-bond donors (Lipinski definition) is 0. The first-order valence-corrected chi connectivity index (χ1v) is 6.94. The van der Waals surface area contributed by atoms with Crippen LogP contribution in [0.3, 0.4) is 0 Å². The SMILES string of the molecule is COc1ccc(C2CSCCS2)cc1. The minimum atomic E-state index is 0.680. The Bertz CT molecular complexity index is 278. The molecule has 1 unspecified atom stereocenters. The minimum absolute atomic E-state index is 0.680. The number of thioether (sulfide) groups is 2. The molecule has 1 aromatic carbocycles. The van der Waals surface area contributed by atoms with E-state index in [4.69, 9.17) is 4.74 Å². The molecular formula is C11H14OS2. The third kappa shape index (κ3) is 2.39. The second-order valence-electron chi connectivity index (χ2n) is 3.21. The van der Waals surface area contributed by atoms with Crippen LogP contribution in [0.4, 0.5) is 0 Å². The standard InChI is InChI=1S/C11H14OS2/c1-12-10-4-2-9(3-5-10)11-8-13-6-7-14-11/h2-5,11H,6-8H2,1H3. The molecule has 0 aliphatic carbocycles. The third-order valence-electron chi connectivity index (χ3n) is 2.30. The van der Waals surface area contributed by atoms with Crippen molar-refractivity contribution >= 4 is 23.5 Å². The predicted molar refractivity (Wildman–Crippen MR) is 65.5 cm³/mol. The van der Waals surface area contributed by atoms with E-state index in [1.54, 1.807) is 7.11 Å². The zero-order chi connectivity index (χ0) is 9.80. The largest absolute Gasteiger partial charge is 0.497 e. The average Bonchev–Trinajstić information content (AvgIpc) is 2.30. The van der Waals surface area contributed by atoms with E-state index in [0.717, 1.165) is 5.75 Å². The molecule has 0 aromatic heterocycles. The molecule has 1 nitrogen and oxygen atoms in total. The zero-order valence-corrected chi connectivity index (χ0v) is 9.87. The van der Waals surface area contributed by atoms with Crippen LogP contribution in [0.25, 0.3) is 0 Å². The van der Waals surface area contributed by atoms with Gasteiger partial charge in [-0.15, -0.1) is 0 Å². The van der Waals surface area contributed by atoms with Gasteiger partial charge in [0.2, 0.25) is 0 Å². The highest BCUT2D eigenvalue weighted by atomic mass is 32.2. The smallest absolute Gasteiger partial charge is 0.118 e. The molecule has 0 N–H and O–H groups in total. The Hall–Kier alpha value is -0.280. The molecule has 0 saturated carbocycles. The van der Waals surface area contributed by atoms with E-state index in [-0.39, 0.29) is 0 Å². The van der Waals surface area contributed by atoms with Gasteiger partial charge in [-0.2, -0.15) is 23.5 Å². The molecule has 1 saturated heterocycles. The van der Waals surface area contributed by atoms with Crippen molar-refractivity contribution in [2.24, 2.45) is 0 Å². The summed E-state index contributed by atoms with van der Waals surface area (Å²) in [7, 11) is 1.71. The summed E-state index contributed by atoms with van der Waals surface area (Å²) in [6.45, 7) is 0. The summed E-state index contributed by atoms with van der Waals surface area (Å²) in [4.78, 5) is 0. The van der Waals surface area contributed by atoms with Crippen LogP contribution in [0.5, 0.6) is 5.75 Å². The fourth-order valence-electron chi connectivity index (χ4n) is 1.50. The summed E-state index contributed by atoms with van der Waals surface area (Å²) < 4.78 is 5.14. The van der Waals surface area contributed by atoms with Gasteiger partial charge in [-0.3, -0.25) is 0 Å². The second-order valence-corrected chi connectivity index (χ2v) is 5.67. The second kappa shape index (κ2) is 4.99. The van der Waals surface area contributed by atoms with Gasteiger partial charge in [-0.25, -0.2) is 0 Å². The van der Waals surface area contributed by atoms with Crippen molar-refractivity contribution in [3.8, 4) is 5.75 Å². The van der Waals surface area contributed by atoms with Crippen molar-refractivity contribution in [2.45, 2.75) is 5.25 Å². The van der Waals surface area contributed by atoms with Gasteiger partial charge in [-0.05, 0) is 17.7 Å². The Morgan fingerprint density at radius 2 is 2.00 bits per heavy atom. The van der Waals surface area contributed by atoms with Crippen molar-refractivity contribution in [1.29, 1.82) is 0 Å². The topological polar surface area (TPSA) is 9.23 Å². The van der Waals surface area contributed by atoms with E-state index < -0.39 is 0 Å². The van der Waals surface area contributed by atoms with Gasteiger partial charge in [0.15, 0.2) is 0 Å². The Balaban J connectivity index is 2.07. The molecule has 76 valence electrons. The summed E-state index contributed by atoms with van der Waals surface area (Å²) in [5.74, 6) is 4.78. The maximum Gasteiger partial charge on any atom is 0.118 e. The number of ether oxygens (including phenoxy) is 1. The maximum atomic E-state index is 5.14. The fraction of sp³-hybridized carbons (Fsp3) is 0.455. The minimum Gasteiger partial charge on any atom is -0.497 e. The molecule has 1 aliphatic rings. The predicted octanol–water partition coefficient (Wildman–Crippen LogP) is 3.22. The van der Waals surface area contributed by atoms with E-state index in [9.17, 15) is 0 Å². The maximum absolute atomic E-state index is 5.14. The van der Waals surface area contributed by atoms with Gasteiger partial charge in [0.05, 0.1) is 7.11 Å². The van der Waals surface area contributed by atoms with Crippen LogP contribution in [0.1, 0.15) is 10.8 Å². The monoisotopic (exact) mass is 226 g/mol. The number of methoxy groups -OCH3 is 1. The molecule has 1 atom stereocenters. The van der Waals surface area contributed by atoms with Crippen molar-refractivity contribution in [3.63, 3.8) is 0 Å². The van der Waals surface area contributed by atoms with Crippen molar-refractivity contribution < 1.29 is 4.74 Å². The Kier molecular flexibility index (Phi) is 3.65. The fourth-order valence-corrected chi connectivity index (χ4v) is 4.24.